The predicted molar refractivity (Wildman–Crippen MR) is 67.6 cm³/mol. The van der Waals surface area contributed by atoms with Crippen LogP contribution in [0.3, 0.4) is 0 Å². The van der Waals surface area contributed by atoms with Gasteiger partial charge in [0.1, 0.15) is 0 Å². The SMILES string of the molecule is CCC1CN=C(NCCN2CCCC2)S1. The Labute approximate surface area is 96.7 Å². The Hall–Kier alpha value is -0.220. The zero-order chi connectivity index (χ0) is 10.5. The quantitative estimate of drug-likeness (QED) is 0.790. The number of rotatable bonds is 4. The van der Waals surface area contributed by atoms with E-state index in [9.17, 15) is 0 Å². The Morgan fingerprint density at radius 1 is 1.47 bits per heavy atom. The average molecular weight is 227 g/mol. The summed E-state index contributed by atoms with van der Waals surface area (Å²) in [7, 11) is 0. The van der Waals surface area contributed by atoms with Crippen molar-refractivity contribution in [2.24, 2.45) is 4.99 Å². The highest BCUT2D eigenvalue weighted by Crippen LogP contribution is 2.21. The molecule has 0 bridgehead atoms. The van der Waals surface area contributed by atoms with Gasteiger partial charge in [0, 0.05) is 18.3 Å². The summed E-state index contributed by atoms with van der Waals surface area (Å²) in [5.41, 5.74) is 0. The molecule has 0 saturated carbocycles. The lowest BCUT2D eigenvalue weighted by molar-refractivity contribution is 0.344. The molecule has 2 aliphatic heterocycles. The van der Waals surface area contributed by atoms with Gasteiger partial charge in [0.25, 0.3) is 0 Å². The van der Waals surface area contributed by atoms with Crippen LogP contribution in [-0.4, -0.2) is 48.0 Å². The van der Waals surface area contributed by atoms with Crippen molar-refractivity contribution >= 4 is 16.9 Å². The fourth-order valence-electron chi connectivity index (χ4n) is 2.05. The van der Waals surface area contributed by atoms with E-state index >= 15 is 0 Å². The molecule has 0 radical (unpaired) electrons. The maximum Gasteiger partial charge on any atom is 0.156 e. The first-order valence-corrected chi connectivity index (χ1v) is 6.94. The molecule has 2 heterocycles. The van der Waals surface area contributed by atoms with Crippen LogP contribution in [0.1, 0.15) is 26.2 Å². The molecule has 0 aliphatic carbocycles. The number of aliphatic imine (C=N–C) groups is 1. The maximum absolute atomic E-state index is 4.50. The predicted octanol–water partition coefficient (Wildman–Crippen LogP) is 1.55. The standard InChI is InChI=1S/C11H21N3S/c1-2-10-9-13-11(15-10)12-5-8-14-6-3-4-7-14/h10H,2-9H2,1H3,(H,12,13). The first-order valence-electron chi connectivity index (χ1n) is 6.06. The molecule has 1 saturated heterocycles. The number of hydrogen-bond donors (Lipinski definition) is 1. The van der Waals surface area contributed by atoms with E-state index in [0.29, 0.717) is 0 Å². The highest BCUT2D eigenvalue weighted by Gasteiger charge is 2.17. The Morgan fingerprint density at radius 3 is 2.93 bits per heavy atom. The Kier molecular flexibility index (Phi) is 4.32. The van der Waals surface area contributed by atoms with Gasteiger partial charge in [0.15, 0.2) is 5.17 Å². The highest BCUT2D eigenvalue weighted by atomic mass is 32.2. The number of thioether (sulfide) groups is 1. The van der Waals surface area contributed by atoms with Gasteiger partial charge in [-0.05, 0) is 32.4 Å². The largest absolute Gasteiger partial charge is 0.364 e. The van der Waals surface area contributed by atoms with Crippen LogP contribution >= 0.6 is 11.8 Å². The molecule has 0 spiro atoms. The fourth-order valence-corrected chi connectivity index (χ4v) is 3.02. The maximum atomic E-state index is 4.50. The average Bonchev–Trinajstić information content (AvgIpc) is 2.88. The van der Waals surface area contributed by atoms with Crippen LogP contribution in [0.25, 0.3) is 0 Å². The summed E-state index contributed by atoms with van der Waals surface area (Å²) in [6.45, 7) is 8.06. The first kappa shape index (κ1) is 11.3. The van der Waals surface area contributed by atoms with E-state index in [4.69, 9.17) is 0 Å². The van der Waals surface area contributed by atoms with Crippen molar-refractivity contribution < 1.29 is 0 Å². The van der Waals surface area contributed by atoms with E-state index < -0.39 is 0 Å². The number of likely N-dealkylation sites (tertiary alicyclic amines) is 1. The third-order valence-electron chi connectivity index (χ3n) is 3.08. The summed E-state index contributed by atoms with van der Waals surface area (Å²) in [6.07, 6.45) is 3.99. The molecular formula is C11H21N3S. The normalized spacial score (nSPS) is 27.0. The van der Waals surface area contributed by atoms with Crippen molar-refractivity contribution in [3.63, 3.8) is 0 Å². The van der Waals surface area contributed by atoms with E-state index in [-0.39, 0.29) is 0 Å². The van der Waals surface area contributed by atoms with Crippen molar-refractivity contribution in [1.82, 2.24) is 10.2 Å². The zero-order valence-corrected chi connectivity index (χ0v) is 10.4. The van der Waals surface area contributed by atoms with E-state index in [1.54, 1.807) is 0 Å². The van der Waals surface area contributed by atoms with E-state index in [0.717, 1.165) is 18.3 Å². The highest BCUT2D eigenvalue weighted by molar-refractivity contribution is 8.14. The minimum atomic E-state index is 0.722. The number of amidine groups is 1. The number of nitrogens with one attached hydrogen (secondary N) is 1. The third kappa shape index (κ3) is 3.38. The molecule has 0 aromatic carbocycles. The van der Waals surface area contributed by atoms with Gasteiger partial charge >= 0.3 is 0 Å². The lowest BCUT2D eigenvalue weighted by Crippen LogP contribution is -2.31. The zero-order valence-electron chi connectivity index (χ0n) is 9.54. The molecule has 2 rings (SSSR count). The molecule has 1 atom stereocenters. The second-order valence-corrected chi connectivity index (χ2v) is 5.56. The van der Waals surface area contributed by atoms with Gasteiger partial charge in [0.2, 0.25) is 0 Å². The topological polar surface area (TPSA) is 27.6 Å². The van der Waals surface area contributed by atoms with E-state index in [1.165, 1.54) is 44.1 Å². The van der Waals surface area contributed by atoms with Crippen LogP contribution < -0.4 is 5.32 Å². The monoisotopic (exact) mass is 227 g/mol. The summed E-state index contributed by atoms with van der Waals surface area (Å²) < 4.78 is 0. The first-order chi connectivity index (χ1) is 7.38. The molecule has 86 valence electrons. The molecule has 15 heavy (non-hydrogen) atoms. The Bertz CT molecular complexity index is 224. The second-order valence-electron chi connectivity index (χ2n) is 4.27. The molecular weight excluding hydrogens is 206 g/mol. The van der Waals surface area contributed by atoms with Crippen LogP contribution in [0, 0.1) is 0 Å². The van der Waals surface area contributed by atoms with Gasteiger partial charge in [0.05, 0.1) is 6.54 Å². The van der Waals surface area contributed by atoms with Gasteiger partial charge < -0.3 is 10.2 Å². The van der Waals surface area contributed by atoms with Gasteiger partial charge in [-0.25, -0.2) is 0 Å². The molecule has 3 nitrogen and oxygen atoms in total. The van der Waals surface area contributed by atoms with Crippen LogP contribution in [0.5, 0.6) is 0 Å². The van der Waals surface area contributed by atoms with Gasteiger partial charge in [-0.1, -0.05) is 18.7 Å². The smallest absolute Gasteiger partial charge is 0.156 e. The number of hydrogen-bond acceptors (Lipinski definition) is 4. The number of nitrogens with zero attached hydrogens (tertiary/aromatic N) is 2. The molecule has 0 aromatic heterocycles. The van der Waals surface area contributed by atoms with Crippen molar-refractivity contribution in [2.45, 2.75) is 31.4 Å². The van der Waals surface area contributed by atoms with E-state index in [1.807, 2.05) is 11.8 Å². The fraction of sp³-hybridized carbons (Fsp3) is 0.909. The van der Waals surface area contributed by atoms with E-state index in [2.05, 4.69) is 22.1 Å². The van der Waals surface area contributed by atoms with Crippen LogP contribution in [0.2, 0.25) is 0 Å². The van der Waals surface area contributed by atoms with Gasteiger partial charge in [-0.15, -0.1) is 0 Å². The summed E-state index contributed by atoms with van der Waals surface area (Å²) >= 11 is 1.91. The minimum Gasteiger partial charge on any atom is -0.364 e. The van der Waals surface area contributed by atoms with Crippen molar-refractivity contribution in [3.8, 4) is 0 Å². The summed E-state index contributed by atoms with van der Waals surface area (Å²) in [5, 5.41) is 5.33. The van der Waals surface area contributed by atoms with Gasteiger partial charge in [-0.3, -0.25) is 4.99 Å². The molecule has 1 N–H and O–H groups in total. The lowest BCUT2D eigenvalue weighted by atomic mass is 10.3. The minimum absolute atomic E-state index is 0.722. The Morgan fingerprint density at radius 2 is 2.27 bits per heavy atom. The molecule has 2 aliphatic rings. The summed E-state index contributed by atoms with van der Waals surface area (Å²) in [5.74, 6) is 0. The molecule has 4 heteroatoms. The summed E-state index contributed by atoms with van der Waals surface area (Å²) in [4.78, 5) is 7.03. The van der Waals surface area contributed by atoms with Crippen molar-refractivity contribution in [3.05, 3.63) is 0 Å². The van der Waals surface area contributed by atoms with Gasteiger partial charge in [-0.2, -0.15) is 0 Å². The molecule has 1 unspecified atom stereocenters. The van der Waals surface area contributed by atoms with Crippen molar-refractivity contribution in [1.29, 1.82) is 0 Å². The molecule has 1 fully saturated rings. The summed E-state index contributed by atoms with van der Waals surface area (Å²) in [6, 6.07) is 0. The second kappa shape index (κ2) is 5.75. The van der Waals surface area contributed by atoms with Crippen molar-refractivity contribution in [2.75, 3.05) is 32.7 Å². The Balaban J connectivity index is 1.58. The van der Waals surface area contributed by atoms with Crippen LogP contribution in [0.15, 0.2) is 4.99 Å². The third-order valence-corrected chi connectivity index (χ3v) is 4.39. The molecule has 0 aromatic rings. The molecule has 0 amide bonds. The van der Waals surface area contributed by atoms with Crippen LogP contribution in [-0.2, 0) is 0 Å². The lowest BCUT2D eigenvalue weighted by Gasteiger charge is -2.15. The van der Waals surface area contributed by atoms with Crippen LogP contribution in [0.4, 0.5) is 0 Å².